The third kappa shape index (κ3) is 10.3. The third-order valence-corrected chi connectivity index (χ3v) is 13.6. The average Bonchev–Trinajstić information content (AvgIpc) is 3.58. The first-order valence-corrected chi connectivity index (χ1v) is 16.5. The van der Waals surface area contributed by atoms with Crippen LogP contribution in [0.5, 0.6) is 0 Å². The van der Waals surface area contributed by atoms with Gasteiger partial charge in [0.15, 0.2) is 0 Å². The maximum Gasteiger partial charge on any atom is 2.00 e. The molecule has 2 aromatic carbocycles. The predicted octanol–water partition coefficient (Wildman–Crippen LogP) is 6.86. The molecular formula is C30H39N2SnZr. The summed E-state index contributed by atoms with van der Waals surface area (Å²) in [4.78, 5) is 0. The van der Waals surface area contributed by atoms with Crippen LogP contribution in [-0.4, -0.2) is 45.9 Å². The summed E-state index contributed by atoms with van der Waals surface area (Å²) >= 11 is -2.08. The zero-order valence-electron chi connectivity index (χ0n) is 21.3. The van der Waals surface area contributed by atoms with Crippen LogP contribution < -0.4 is 7.16 Å². The first kappa shape index (κ1) is 31.0. The van der Waals surface area contributed by atoms with E-state index in [1.807, 2.05) is 27.7 Å². The molecule has 0 spiro atoms. The minimum absolute atomic E-state index is 0. The number of allylic oxidation sites excluding steroid dienone is 8. The fraction of sp³-hybridized carbons (Fsp3) is 0.333. The van der Waals surface area contributed by atoms with Crippen molar-refractivity contribution in [3.05, 3.63) is 111 Å². The Balaban J connectivity index is 0.000000449. The zero-order chi connectivity index (χ0) is 23.7. The van der Waals surface area contributed by atoms with Gasteiger partial charge in [-0.05, 0) is 0 Å². The van der Waals surface area contributed by atoms with E-state index in [1.54, 1.807) is 10.7 Å². The number of hydrogen-bond donors (Lipinski definition) is 0. The molecule has 4 heteroatoms. The van der Waals surface area contributed by atoms with Crippen LogP contribution in [0, 0.1) is 0 Å². The molecule has 0 aliphatic heterocycles. The van der Waals surface area contributed by atoms with E-state index < -0.39 is 19.8 Å². The van der Waals surface area contributed by atoms with E-state index >= 15 is 0 Å². The Hall–Kier alpha value is -0.998. The minimum atomic E-state index is -2.08. The molecule has 34 heavy (non-hydrogen) atoms. The van der Waals surface area contributed by atoms with Crippen LogP contribution in [0.15, 0.2) is 94.6 Å². The zero-order valence-corrected chi connectivity index (χ0v) is 26.6. The van der Waals surface area contributed by atoms with Gasteiger partial charge in [-0.3, -0.25) is 0 Å². The third-order valence-electron chi connectivity index (χ3n) is 5.36. The monoisotopic (exact) mass is 637 g/mol. The van der Waals surface area contributed by atoms with Crippen molar-refractivity contribution in [2.75, 3.05) is 26.2 Å². The molecule has 177 valence electrons. The molecule has 0 fully saturated rings. The summed E-state index contributed by atoms with van der Waals surface area (Å²) in [7, 11) is 0. The molecule has 0 heterocycles. The summed E-state index contributed by atoms with van der Waals surface area (Å²) in [5.74, 6) is 0. The van der Waals surface area contributed by atoms with Gasteiger partial charge in [-0.1, -0.05) is 27.7 Å². The Labute approximate surface area is 234 Å². The van der Waals surface area contributed by atoms with Crippen molar-refractivity contribution in [3.63, 3.8) is 0 Å². The van der Waals surface area contributed by atoms with E-state index in [0.717, 1.165) is 39.0 Å². The Bertz CT molecular complexity index is 922. The minimum Gasteiger partial charge on any atom is -0.663 e. The van der Waals surface area contributed by atoms with Gasteiger partial charge >= 0.3 is 172 Å². The van der Waals surface area contributed by atoms with Gasteiger partial charge in [0.25, 0.3) is 0 Å². The van der Waals surface area contributed by atoms with Gasteiger partial charge in [0.1, 0.15) is 0 Å². The largest absolute Gasteiger partial charge is 2.00 e. The fourth-order valence-corrected chi connectivity index (χ4v) is 12.1. The van der Waals surface area contributed by atoms with Gasteiger partial charge in [0.2, 0.25) is 0 Å². The molecule has 0 amide bonds. The molecule has 4 rings (SSSR count). The van der Waals surface area contributed by atoms with Crippen LogP contribution in [-0.2, 0) is 26.2 Å². The maximum absolute atomic E-state index is 3.97. The van der Waals surface area contributed by atoms with Gasteiger partial charge in [-0.2, -0.15) is 26.2 Å². The molecule has 0 saturated heterocycles. The van der Waals surface area contributed by atoms with Crippen LogP contribution in [0.1, 0.15) is 46.1 Å². The Morgan fingerprint density at radius 2 is 1.24 bits per heavy atom. The number of nitrogens with zero attached hydrogens (tertiary/aromatic N) is 2. The topological polar surface area (TPSA) is 28.2 Å². The molecule has 2 nitrogen and oxygen atoms in total. The van der Waals surface area contributed by atoms with Gasteiger partial charge in [0.05, 0.1) is 0 Å². The first-order chi connectivity index (χ1) is 16.3. The summed E-state index contributed by atoms with van der Waals surface area (Å²) < 4.78 is 4.87. The smallest absolute Gasteiger partial charge is 0.663 e. The standard InChI is InChI=1S/C11H9.C6H5.C5H5.2C4H10N.Sn.Zr/c1-2-6-10(7-3-1)11-8-4-5-9-11;1-2-4-6-5-3-1;1-2-4-5-3-1;2*1-3-5-4-2;;/h1-6,8H,9H2;1-5H;1-3H,4H2;2*3-4H2,1-2H3;;/q;;;2*-1;;+2. The number of hydrogen-bond acceptors (Lipinski definition) is 0. The molecule has 0 saturated carbocycles. The predicted molar refractivity (Wildman–Crippen MR) is 150 cm³/mol. The second kappa shape index (κ2) is 19.2. The van der Waals surface area contributed by atoms with Gasteiger partial charge < -0.3 is 10.6 Å². The summed E-state index contributed by atoms with van der Waals surface area (Å²) in [6.45, 7) is 12.1. The van der Waals surface area contributed by atoms with E-state index in [0.29, 0.717) is 0 Å². The van der Waals surface area contributed by atoms with E-state index in [2.05, 4.69) is 102 Å². The Morgan fingerprint density at radius 3 is 1.74 bits per heavy atom. The van der Waals surface area contributed by atoms with Crippen LogP contribution in [0.4, 0.5) is 0 Å². The first-order valence-electron chi connectivity index (χ1n) is 12.3. The molecule has 0 atom stereocenters. The van der Waals surface area contributed by atoms with Crippen molar-refractivity contribution in [3.8, 4) is 0 Å². The van der Waals surface area contributed by atoms with Gasteiger partial charge in [-0.25, -0.2) is 0 Å². The van der Waals surface area contributed by atoms with Gasteiger partial charge in [-0.15, -0.1) is 0 Å². The normalized spacial score (nSPS) is 13.3. The number of benzene rings is 2. The molecule has 0 N–H and O–H groups in total. The fourth-order valence-electron chi connectivity index (χ4n) is 3.83. The molecule has 0 aromatic heterocycles. The van der Waals surface area contributed by atoms with Crippen molar-refractivity contribution < 1.29 is 26.2 Å². The van der Waals surface area contributed by atoms with E-state index in [1.165, 1.54) is 11.1 Å². The van der Waals surface area contributed by atoms with Crippen LogP contribution in [0.3, 0.4) is 0 Å². The van der Waals surface area contributed by atoms with E-state index in [4.69, 9.17) is 0 Å². The summed E-state index contributed by atoms with van der Waals surface area (Å²) in [6.07, 6.45) is 15.8. The van der Waals surface area contributed by atoms with Crippen molar-refractivity contribution >= 4 is 32.5 Å². The molecule has 2 aromatic rings. The molecule has 1 radical (unpaired) electrons. The summed E-state index contributed by atoms with van der Waals surface area (Å²) in [6, 6.07) is 20.3. The Morgan fingerprint density at radius 1 is 0.676 bits per heavy atom. The van der Waals surface area contributed by atoms with E-state index in [9.17, 15) is 0 Å². The summed E-state index contributed by atoms with van der Waals surface area (Å²) in [5.41, 5.74) is 2.95. The molecule has 0 unspecified atom stereocenters. The van der Waals surface area contributed by atoms with Crippen molar-refractivity contribution in [2.24, 2.45) is 0 Å². The summed E-state index contributed by atoms with van der Waals surface area (Å²) in [5, 5.41) is 7.94. The Kier molecular flexibility index (Phi) is 17.5. The van der Waals surface area contributed by atoms with Crippen molar-refractivity contribution in [1.29, 1.82) is 0 Å². The second-order valence-corrected chi connectivity index (χ2v) is 14.8. The molecular weight excluding hydrogens is 598 g/mol. The molecule has 0 bridgehead atoms. The van der Waals surface area contributed by atoms with Crippen LogP contribution in [0.25, 0.3) is 16.2 Å². The number of rotatable bonds is 8. The maximum atomic E-state index is 3.97. The van der Waals surface area contributed by atoms with Crippen LogP contribution >= 0.6 is 0 Å². The molecule has 2 aliphatic carbocycles. The SMILES string of the molecule is C1=CCC(c2cccc[c]2[Sn]([C]2=CC=CC2)[c]2ccccc2)=C1.CC[N-]CC.CC[N-]CC.[Zr+2]. The molecule has 2 aliphatic rings. The quantitative estimate of drug-likeness (QED) is 0.283. The van der Waals surface area contributed by atoms with Crippen molar-refractivity contribution in [1.82, 2.24) is 0 Å². The second-order valence-electron chi connectivity index (χ2n) is 7.65. The van der Waals surface area contributed by atoms with Crippen LogP contribution in [0.2, 0.25) is 0 Å². The van der Waals surface area contributed by atoms with Gasteiger partial charge in [0, 0.05) is 0 Å². The van der Waals surface area contributed by atoms with Crippen molar-refractivity contribution in [2.45, 2.75) is 40.5 Å². The average molecular weight is 638 g/mol. The van der Waals surface area contributed by atoms with E-state index in [-0.39, 0.29) is 26.2 Å².